The maximum Gasteiger partial charge on any atom is 0.416 e. The van der Waals surface area contributed by atoms with Crippen LogP contribution in [0, 0.1) is 19.8 Å². The molecule has 4 aromatic rings. The van der Waals surface area contributed by atoms with Crippen LogP contribution in [0.2, 0.25) is 0 Å². The number of hydrogen-bond donors (Lipinski definition) is 2. The van der Waals surface area contributed by atoms with Gasteiger partial charge in [-0.1, -0.05) is 24.6 Å². The average Bonchev–Trinajstić information content (AvgIpc) is 3.17. The molecule has 1 unspecified atom stereocenters. The van der Waals surface area contributed by atoms with E-state index in [0.717, 1.165) is 42.7 Å². The SMILES string of the molecule is Cc1ccc(C)c(-c2nc3nc(C(=O)O)nc(NC(C)C4CCC4)c3n2Cc2ccc(C(F)(F)F)cc2)n1. The number of carbonyl (C=O) groups is 1. The summed E-state index contributed by atoms with van der Waals surface area (Å²) in [5.41, 5.74) is 2.67. The van der Waals surface area contributed by atoms with Crippen LogP contribution in [0.4, 0.5) is 19.0 Å². The lowest BCUT2D eigenvalue weighted by Gasteiger charge is -2.32. The zero-order chi connectivity index (χ0) is 27.2. The predicted molar refractivity (Wildman–Crippen MR) is 136 cm³/mol. The average molecular weight is 525 g/mol. The summed E-state index contributed by atoms with van der Waals surface area (Å²) in [6.07, 6.45) is -1.17. The Hall–Kier alpha value is -4.02. The van der Waals surface area contributed by atoms with Crippen molar-refractivity contribution in [1.82, 2.24) is 24.5 Å². The van der Waals surface area contributed by atoms with Crippen LogP contribution in [-0.4, -0.2) is 41.6 Å². The van der Waals surface area contributed by atoms with E-state index in [-0.39, 0.29) is 24.1 Å². The summed E-state index contributed by atoms with van der Waals surface area (Å²) >= 11 is 0. The van der Waals surface area contributed by atoms with Crippen LogP contribution in [0.5, 0.6) is 0 Å². The van der Waals surface area contributed by atoms with Gasteiger partial charge in [0.15, 0.2) is 17.3 Å². The van der Waals surface area contributed by atoms with E-state index in [1.165, 1.54) is 12.1 Å². The van der Waals surface area contributed by atoms with Gasteiger partial charge in [0.25, 0.3) is 0 Å². The van der Waals surface area contributed by atoms with Crippen molar-refractivity contribution in [3.8, 4) is 11.5 Å². The normalized spacial score (nSPS) is 14.9. The molecule has 0 aliphatic heterocycles. The molecule has 8 nitrogen and oxygen atoms in total. The van der Waals surface area contributed by atoms with Crippen LogP contribution in [-0.2, 0) is 12.7 Å². The molecule has 3 heterocycles. The number of benzene rings is 1. The zero-order valence-electron chi connectivity index (χ0n) is 21.2. The molecule has 38 heavy (non-hydrogen) atoms. The summed E-state index contributed by atoms with van der Waals surface area (Å²) in [5.74, 6) is -0.491. The molecule has 1 aromatic carbocycles. The maximum absolute atomic E-state index is 13.2. The van der Waals surface area contributed by atoms with E-state index in [2.05, 4.69) is 20.3 Å². The van der Waals surface area contributed by atoms with Gasteiger partial charge in [0.2, 0.25) is 5.82 Å². The van der Waals surface area contributed by atoms with Gasteiger partial charge < -0.3 is 15.0 Å². The van der Waals surface area contributed by atoms with Crippen LogP contribution in [0.15, 0.2) is 36.4 Å². The minimum absolute atomic E-state index is 0.0280. The second-order valence-electron chi connectivity index (χ2n) is 9.83. The molecule has 11 heteroatoms. The molecule has 1 aliphatic carbocycles. The number of imidazole rings is 1. The van der Waals surface area contributed by atoms with E-state index >= 15 is 0 Å². The van der Waals surface area contributed by atoms with E-state index in [1.807, 2.05) is 32.9 Å². The van der Waals surface area contributed by atoms with Crippen molar-refractivity contribution in [1.29, 1.82) is 0 Å². The summed E-state index contributed by atoms with van der Waals surface area (Å²) in [6, 6.07) is 8.74. The van der Waals surface area contributed by atoms with Gasteiger partial charge >= 0.3 is 12.1 Å². The monoisotopic (exact) mass is 524 g/mol. The summed E-state index contributed by atoms with van der Waals surface area (Å²) in [5, 5.41) is 13.1. The molecular formula is C27H27F3N6O2. The van der Waals surface area contributed by atoms with Crippen molar-refractivity contribution in [2.24, 2.45) is 5.92 Å². The van der Waals surface area contributed by atoms with Gasteiger partial charge in [-0.25, -0.2) is 24.7 Å². The molecule has 2 N–H and O–H groups in total. The van der Waals surface area contributed by atoms with Crippen LogP contribution >= 0.6 is 0 Å². The van der Waals surface area contributed by atoms with Crippen molar-refractivity contribution in [3.05, 3.63) is 64.6 Å². The zero-order valence-corrected chi connectivity index (χ0v) is 21.2. The van der Waals surface area contributed by atoms with Crippen molar-refractivity contribution < 1.29 is 23.1 Å². The van der Waals surface area contributed by atoms with Gasteiger partial charge in [-0.05, 0) is 68.9 Å². The van der Waals surface area contributed by atoms with E-state index in [1.54, 1.807) is 4.57 Å². The van der Waals surface area contributed by atoms with Crippen molar-refractivity contribution >= 4 is 23.0 Å². The first-order valence-electron chi connectivity index (χ1n) is 12.4. The molecule has 3 aromatic heterocycles. The standard InChI is InChI=1S/C27H27F3N6O2/c1-14-7-8-15(2)31-20(14)25-35-23-21(36(25)13-17-9-11-19(12-10-17)27(28,29)30)22(33-24(34-23)26(37)38)32-16(3)18-5-4-6-18/h7-12,16,18H,4-6,13H2,1-3H3,(H,37,38)(H,32,33,34). The van der Waals surface area contributed by atoms with Gasteiger partial charge in [0.1, 0.15) is 11.2 Å². The van der Waals surface area contributed by atoms with Crippen LogP contribution in [0.3, 0.4) is 0 Å². The number of nitrogens with zero attached hydrogens (tertiary/aromatic N) is 5. The van der Waals surface area contributed by atoms with E-state index in [9.17, 15) is 23.1 Å². The highest BCUT2D eigenvalue weighted by molar-refractivity contribution is 5.92. The number of carboxylic acids is 1. The van der Waals surface area contributed by atoms with Gasteiger partial charge in [0.05, 0.1) is 5.56 Å². The molecule has 1 fully saturated rings. The molecule has 1 atom stereocenters. The van der Waals surface area contributed by atoms with Gasteiger partial charge in [0, 0.05) is 18.3 Å². The third-order valence-electron chi connectivity index (χ3n) is 7.09. The van der Waals surface area contributed by atoms with Crippen LogP contribution in [0.25, 0.3) is 22.7 Å². The fourth-order valence-electron chi connectivity index (χ4n) is 4.67. The van der Waals surface area contributed by atoms with Crippen molar-refractivity contribution in [3.63, 3.8) is 0 Å². The first kappa shape index (κ1) is 25.6. The molecule has 5 rings (SSSR count). The number of hydrogen-bond acceptors (Lipinski definition) is 6. The lowest BCUT2D eigenvalue weighted by molar-refractivity contribution is -0.137. The molecule has 0 bridgehead atoms. The van der Waals surface area contributed by atoms with E-state index in [0.29, 0.717) is 34.3 Å². The van der Waals surface area contributed by atoms with Gasteiger partial charge in [-0.3, -0.25) is 0 Å². The fraction of sp³-hybridized carbons (Fsp3) is 0.370. The third-order valence-corrected chi connectivity index (χ3v) is 7.09. The Morgan fingerprint density at radius 3 is 2.39 bits per heavy atom. The second kappa shape index (κ2) is 9.70. The summed E-state index contributed by atoms with van der Waals surface area (Å²) in [7, 11) is 0. The number of aromatic carboxylic acids is 1. The third kappa shape index (κ3) is 4.92. The Morgan fingerprint density at radius 1 is 1.08 bits per heavy atom. The molecule has 1 saturated carbocycles. The molecule has 0 spiro atoms. The molecular weight excluding hydrogens is 497 g/mol. The highest BCUT2D eigenvalue weighted by atomic mass is 19.4. The molecule has 198 valence electrons. The Bertz CT molecular complexity index is 1510. The summed E-state index contributed by atoms with van der Waals surface area (Å²) in [6.45, 7) is 5.92. The van der Waals surface area contributed by atoms with Gasteiger partial charge in [-0.2, -0.15) is 13.2 Å². The first-order valence-corrected chi connectivity index (χ1v) is 12.4. The Balaban J connectivity index is 1.71. The maximum atomic E-state index is 13.2. The lowest BCUT2D eigenvalue weighted by Crippen LogP contribution is -2.31. The number of anilines is 1. The highest BCUT2D eigenvalue weighted by Crippen LogP contribution is 2.35. The molecule has 0 amide bonds. The lowest BCUT2D eigenvalue weighted by atomic mass is 9.80. The number of fused-ring (bicyclic) bond motifs is 1. The summed E-state index contributed by atoms with van der Waals surface area (Å²) in [4.78, 5) is 29.8. The number of carboxylic acid groups (broad SMARTS) is 1. The number of nitrogens with one attached hydrogen (secondary N) is 1. The number of alkyl halides is 3. The van der Waals surface area contributed by atoms with Crippen LogP contribution in [0.1, 0.15) is 59.2 Å². The number of aryl methyl sites for hydroxylation is 2. The largest absolute Gasteiger partial charge is 0.475 e. The minimum atomic E-state index is -4.44. The second-order valence-corrected chi connectivity index (χ2v) is 9.83. The smallest absolute Gasteiger partial charge is 0.416 e. The number of pyridine rings is 1. The first-order chi connectivity index (χ1) is 18.0. The molecule has 0 saturated heterocycles. The quantitative estimate of drug-likeness (QED) is 0.311. The Morgan fingerprint density at radius 2 is 1.79 bits per heavy atom. The number of rotatable bonds is 7. The predicted octanol–water partition coefficient (Wildman–Crippen LogP) is 5.87. The fourth-order valence-corrected chi connectivity index (χ4v) is 4.67. The van der Waals surface area contributed by atoms with Gasteiger partial charge in [-0.15, -0.1) is 0 Å². The topological polar surface area (TPSA) is 106 Å². The summed E-state index contributed by atoms with van der Waals surface area (Å²) < 4.78 is 41.3. The van der Waals surface area contributed by atoms with E-state index < -0.39 is 17.7 Å². The number of halogens is 3. The van der Waals surface area contributed by atoms with Crippen molar-refractivity contribution in [2.45, 2.75) is 58.8 Å². The Kier molecular flexibility index (Phi) is 6.54. The number of aromatic nitrogens is 5. The highest BCUT2D eigenvalue weighted by Gasteiger charge is 2.31. The Labute approximate surface area is 217 Å². The van der Waals surface area contributed by atoms with E-state index in [4.69, 9.17) is 4.98 Å². The van der Waals surface area contributed by atoms with Crippen LogP contribution < -0.4 is 5.32 Å². The molecule has 1 aliphatic rings. The minimum Gasteiger partial charge on any atom is -0.475 e. The molecule has 0 radical (unpaired) electrons. The van der Waals surface area contributed by atoms with Crippen molar-refractivity contribution in [2.75, 3.05) is 5.32 Å².